The van der Waals surface area contributed by atoms with Crippen LogP contribution in [0, 0.1) is 5.82 Å². The Labute approximate surface area is 111 Å². The summed E-state index contributed by atoms with van der Waals surface area (Å²) in [5.74, 6) is -0.313. The van der Waals surface area contributed by atoms with Crippen molar-refractivity contribution in [1.82, 2.24) is 0 Å². The van der Waals surface area contributed by atoms with Gasteiger partial charge in [0.05, 0.1) is 5.69 Å². The van der Waals surface area contributed by atoms with Crippen molar-refractivity contribution < 1.29 is 4.39 Å². The van der Waals surface area contributed by atoms with E-state index in [0.29, 0.717) is 11.4 Å². The van der Waals surface area contributed by atoms with Crippen molar-refractivity contribution in [2.75, 3.05) is 23.9 Å². The molecule has 2 nitrogen and oxygen atoms in total. The van der Waals surface area contributed by atoms with Crippen LogP contribution in [0.25, 0.3) is 0 Å². The summed E-state index contributed by atoms with van der Waals surface area (Å²) in [6.45, 7) is 0. The number of thioether (sulfide) groups is 1. The molecule has 2 aromatic carbocycles. The van der Waals surface area contributed by atoms with Crippen LogP contribution in [0.1, 0.15) is 0 Å². The second-order valence-electron chi connectivity index (χ2n) is 3.93. The summed E-state index contributed by atoms with van der Waals surface area (Å²) in [6.07, 6.45) is 2.02. The highest BCUT2D eigenvalue weighted by molar-refractivity contribution is 7.98. The van der Waals surface area contributed by atoms with Gasteiger partial charge in [-0.05, 0) is 42.7 Å². The number of halogens is 1. The van der Waals surface area contributed by atoms with Gasteiger partial charge in [-0.15, -0.1) is 11.8 Å². The summed E-state index contributed by atoms with van der Waals surface area (Å²) in [4.78, 5) is 2.93. The minimum Gasteiger partial charge on any atom is -0.397 e. The first-order valence-electron chi connectivity index (χ1n) is 5.55. The summed E-state index contributed by atoms with van der Waals surface area (Å²) < 4.78 is 13.8. The van der Waals surface area contributed by atoms with Crippen LogP contribution in [0.4, 0.5) is 21.5 Å². The summed E-state index contributed by atoms with van der Waals surface area (Å²) in [6, 6.07) is 12.7. The number of nitrogens with zero attached hydrogens (tertiary/aromatic N) is 1. The fraction of sp³-hybridized carbons (Fsp3) is 0.143. The molecule has 0 spiro atoms. The van der Waals surface area contributed by atoms with Gasteiger partial charge in [0.25, 0.3) is 0 Å². The molecule has 4 heteroatoms. The van der Waals surface area contributed by atoms with Crippen LogP contribution in [-0.4, -0.2) is 13.3 Å². The van der Waals surface area contributed by atoms with Crippen LogP contribution in [0.5, 0.6) is 0 Å². The lowest BCUT2D eigenvalue weighted by Gasteiger charge is -2.22. The van der Waals surface area contributed by atoms with Crippen molar-refractivity contribution in [3.05, 3.63) is 48.3 Å². The molecule has 94 valence electrons. The minimum atomic E-state index is -0.313. The third kappa shape index (κ3) is 2.43. The van der Waals surface area contributed by atoms with Gasteiger partial charge in [0.15, 0.2) is 0 Å². The number of nitrogens with two attached hydrogens (primary N) is 1. The maximum atomic E-state index is 13.8. The number of para-hydroxylation sites is 1. The zero-order valence-electron chi connectivity index (χ0n) is 10.4. The Morgan fingerprint density at radius 2 is 1.78 bits per heavy atom. The first-order valence-corrected chi connectivity index (χ1v) is 6.77. The molecule has 2 N–H and O–H groups in total. The molecule has 0 atom stereocenters. The average molecular weight is 262 g/mol. The van der Waals surface area contributed by atoms with Gasteiger partial charge < -0.3 is 10.6 Å². The van der Waals surface area contributed by atoms with Gasteiger partial charge in [-0.1, -0.05) is 6.07 Å². The van der Waals surface area contributed by atoms with Crippen molar-refractivity contribution in [3.8, 4) is 0 Å². The lowest BCUT2D eigenvalue weighted by Crippen LogP contribution is -2.13. The SMILES string of the molecule is CSc1ccc(N(C)c2c(N)cccc2F)cc1. The van der Waals surface area contributed by atoms with Gasteiger partial charge >= 0.3 is 0 Å². The molecule has 0 saturated heterocycles. The molecule has 2 rings (SSSR count). The maximum Gasteiger partial charge on any atom is 0.148 e. The zero-order chi connectivity index (χ0) is 13.1. The van der Waals surface area contributed by atoms with Crippen LogP contribution >= 0.6 is 11.8 Å². The highest BCUT2D eigenvalue weighted by Gasteiger charge is 2.12. The molecule has 0 unspecified atom stereocenters. The summed E-state index contributed by atoms with van der Waals surface area (Å²) in [5.41, 5.74) is 7.58. The van der Waals surface area contributed by atoms with E-state index in [2.05, 4.69) is 0 Å². The first-order chi connectivity index (χ1) is 8.63. The van der Waals surface area contributed by atoms with E-state index in [1.807, 2.05) is 37.6 Å². The topological polar surface area (TPSA) is 29.3 Å². The molecule has 0 aliphatic rings. The third-order valence-electron chi connectivity index (χ3n) is 2.81. The largest absolute Gasteiger partial charge is 0.397 e. The molecule has 2 aromatic rings. The fourth-order valence-electron chi connectivity index (χ4n) is 1.82. The van der Waals surface area contributed by atoms with Crippen LogP contribution < -0.4 is 10.6 Å². The van der Waals surface area contributed by atoms with Gasteiger partial charge in [-0.3, -0.25) is 0 Å². The Kier molecular flexibility index (Phi) is 3.77. The molecule has 0 saturated carbocycles. The predicted molar refractivity (Wildman–Crippen MR) is 77.1 cm³/mol. The molecule has 0 radical (unpaired) electrons. The Morgan fingerprint density at radius 3 is 2.33 bits per heavy atom. The molecule has 0 aliphatic heterocycles. The number of rotatable bonds is 3. The molecular weight excluding hydrogens is 247 g/mol. The first kappa shape index (κ1) is 12.8. The smallest absolute Gasteiger partial charge is 0.148 e. The van der Waals surface area contributed by atoms with E-state index in [4.69, 9.17) is 5.73 Å². The normalized spacial score (nSPS) is 10.4. The lowest BCUT2D eigenvalue weighted by molar-refractivity contribution is 0.628. The van der Waals surface area contributed by atoms with E-state index in [1.54, 1.807) is 28.8 Å². The zero-order valence-corrected chi connectivity index (χ0v) is 11.2. The van der Waals surface area contributed by atoms with Gasteiger partial charge in [0.2, 0.25) is 0 Å². The van der Waals surface area contributed by atoms with Gasteiger partial charge in [0, 0.05) is 17.6 Å². The Bertz CT molecular complexity index is 520. The second kappa shape index (κ2) is 5.31. The molecular formula is C14H15FN2S. The molecule has 0 aliphatic carbocycles. The van der Waals surface area contributed by atoms with Gasteiger partial charge in [-0.2, -0.15) is 0 Å². The van der Waals surface area contributed by atoms with E-state index in [1.165, 1.54) is 11.0 Å². The van der Waals surface area contributed by atoms with Crippen LogP contribution in [-0.2, 0) is 0 Å². The van der Waals surface area contributed by atoms with Crippen LogP contribution in [0.3, 0.4) is 0 Å². The standard InChI is InChI=1S/C14H15FN2S/c1-17(10-6-8-11(18-2)9-7-10)14-12(15)4-3-5-13(14)16/h3-9H,16H2,1-2H3. The number of benzene rings is 2. The number of hydrogen-bond donors (Lipinski definition) is 1. The maximum absolute atomic E-state index is 13.8. The average Bonchev–Trinajstić information content (AvgIpc) is 2.38. The number of nitrogen functional groups attached to an aromatic ring is 1. The van der Waals surface area contributed by atoms with Crippen molar-refractivity contribution in [3.63, 3.8) is 0 Å². The Morgan fingerprint density at radius 1 is 1.11 bits per heavy atom. The molecule has 0 bridgehead atoms. The van der Waals surface area contributed by atoms with E-state index in [-0.39, 0.29) is 5.82 Å². The van der Waals surface area contributed by atoms with Gasteiger partial charge in [0.1, 0.15) is 11.5 Å². The highest BCUT2D eigenvalue weighted by atomic mass is 32.2. The molecule has 0 aromatic heterocycles. The Balaban J connectivity index is 2.38. The monoisotopic (exact) mass is 262 g/mol. The van der Waals surface area contributed by atoms with E-state index < -0.39 is 0 Å². The van der Waals surface area contributed by atoms with E-state index >= 15 is 0 Å². The Hall–Kier alpha value is -1.68. The number of hydrogen-bond acceptors (Lipinski definition) is 3. The van der Waals surface area contributed by atoms with E-state index in [0.717, 1.165) is 5.69 Å². The van der Waals surface area contributed by atoms with E-state index in [9.17, 15) is 4.39 Å². The summed E-state index contributed by atoms with van der Waals surface area (Å²) in [7, 11) is 1.81. The highest BCUT2D eigenvalue weighted by Crippen LogP contribution is 2.32. The van der Waals surface area contributed by atoms with Crippen LogP contribution in [0.2, 0.25) is 0 Å². The molecule has 0 heterocycles. The summed E-state index contributed by atoms with van der Waals surface area (Å²) >= 11 is 1.67. The molecule has 18 heavy (non-hydrogen) atoms. The molecule has 0 amide bonds. The molecule has 0 fully saturated rings. The van der Waals surface area contributed by atoms with Crippen molar-refractivity contribution in [2.45, 2.75) is 4.90 Å². The van der Waals surface area contributed by atoms with Crippen molar-refractivity contribution >= 4 is 28.8 Å². The van der Waals surface area contributed by atoms with Crippen molar-refractivity contribution in [2.24, 2.45) is 0 Å². The lowest BCUT2D eigenvalue weighted by atomic mass is 10.2. The summed E-state index contributed by atoms with van der Waals surface area (Å²) in [5, 5.41) is 0. The third-order valence-corrected chi connectivity index (χ3v) is 3.56. The van der Waals surface area contributed by atoms with Crippen LogP contribution in [0.15, 0.2) is 47.4 Å². The van der Waals surface area contributed by atoms with Gasteiger partial charge in [-0.25, -0.2) is 4.39 Å². The quantitative estimate of drug-likeness (QED) is 0.672. The predicted octanol–water partition coefficient (Wildman–Crippen LogP) is 3.90. The number of anilines is 3. The second-order valence-corrected chi connectivity index (χ2v) is 4.81. The fourth-order valence-corrected chi connectivity index (χ4v) is 2.23. The minimum absolute atomic E-state index is 0.313. The van der Waals surface area contributed by atoms with Crippen molar-refractivity contribution in [1.29, 1.82) is 0 Å².